The third kappa shape index (κ3) is 6.39. The van der Waals surface area contributed by atoms with Gasteiger partial charge in [-0.25, -0.2) is 4.79 Å². The molecule has 0 bridgehead atoms. The first-order chi connectivity index (χ1) is 27.3. The highest BCUT2D eigenvalue weighted by atomic mass is 19.1. The molecule has 10 nitrogen and oxygen atoms in total. The summed E-state index contributed by atoms with van der Waals surface area (Å²) in [7, 11) is 3.07. The lowest BCUT2D eigenvalue weighted by Crippen LogP contribution is -2.42. The highest BCUT2D eigenvalue weighted by molar-refractivity contribution is 6.00. The Bertz CT molecular complexity index is 2510. The molecule has 0 spiro atoms. The molecule has 278 valence electrons. The number of carbonyl (C=O) groups is 1. The molecule has 1 aromatic heterocycles. The second kappa shape index (κ2) is 14.9. The van der Waals surface area contributed by atoms with Crippen LogP contribution in [0.5, 0.6) is 34.8 Å². The number of hydrogen-bond donors (Lipinski definition) is 0. The van der Waals surface area contributed by atoms with Gasteiger partial charge in [0.25, 0.3) is 17.4 Å². The Morgan fingerprint density at radius 3 is 2.16 bits per heavy atom. The third-order valence-corrected chi connectivity index (χ3v) is 9.49. The van der Waals surface area contributed by atoms with Crippen LogP contribution in [0, 0.1) is 23.0 Å². The van der Waals surface area contributed by atoms with Crippen molar-refractivity contribution in [2.45, 2.75) is 12.2 Å². The number of amidine groups is 1. The number of likely N-dealkylation sites (N-methyl/N-ethyl adjacent to an activating group) is 1. The van der Waals surface area contributed by atoms with Gasteiger partial charge in [0, 0.05) is 36.3 Å². The molecule has 1 aliphatic heterocycles. The molecule has 0 radical (unpaired) electrons. The molecule has 0 unspecified atom stereocenters. The zero-order valence-electron chi connectivity index (χ0n) is 30.2. The van der Waals surface area contributed by atoms with Crippen LogP contribution in [0.25, 0.3) is 11.1 Å². The molecule has 5 aromatic carbocycles. The minimum Gasteiger partial charge on any atom is -0.485 e. The highest BCUT2D eigenvalue weighted by Crippen LogP contribution is 2.52. The minimum atomic E-state index is -2.16. The van der Waals surface area contributed by atoms with E-state index in [-0.39, 0.29) is 29.4 Å². The average Bonchev–Trinajstić information content (AvgIpc) is 3.80. The second-order valence-electron chi connectivity index (χ2n) is 13.0. The molecule has 12 heteroatoms. The van der Waals surface area contributed by atoms with E-state index in [0.717, 1.165) is 25.1 Å². The first-order valence-electron chi connectivity index (χ1n) is 17.6. The van der Waals surface area contributed by atoms with E-state index < -0.39 is 40.7 Å². The smallest absolute Gasteiger partial charge is 0.359 e. The molecule has 0 saturated heterocycles. The summed E-state index contributed by atoms with van der Waals surface area (Å²) in [6.45, 7) is 1.46. The van der Waals surface area contributed by atoms with E-state index in [1.807, 2.05) is 54.4 Å². The zero-order chi connectivity index (χ0) is 38.8. The maximum Gasteiger partial charge on any atom is 0.359 e. The van der Waals surface area contributed by atoms with Crippen LogP contribution < -0.4 is 18.9 Å². The van der Waals surface area contributed by atoms with Gasteiger partial charge in [-0.2, -0.15) is 19.0 Å². The first-order valence-corrected chi connectivity index (χ1v) is 17.6. The fourth-order valence-corrected chi connectivity index (χ4v) is 6.84. The Morgan fingerprint density at radius 1 is 0.821 bits per heavy atom. The molecule has 1 aliphatic carbocycles. The predicted molar refractivity (Wildman–Crippen MR) is 202 cm³/mol. The fourth-order valence-electron chi connectivity index (χ4n) is 6.84. The molecule has 2 heterocycles. The molecule has 56 heavy (non-hydrogen) atoms. The standard InChI is InChI=1S/C44H32F2N4O6/c1-50-22-21-48-40(50)29-13-10-14-30(24-29)54-41-37(45)39(56-44(43(51)52-2)33-17-8-6-15-31(33)32-16-7-9-18-34(32)44)38(46)42(49-41)55-36-23-28(25-47)19-20-35(36)53-26-27-11-4-3-5-12-27/h3-20,23-24H,21-22,26H2,1-2H3. The average molecular weight is 751 g/mol. The number of pyridine rings is 1. The van der Waals surface area contributed by atoms with Crippen LogP contribution in [0.1, 0.15) is 27.8 Å². The number of aliphatic imine (C=N–C) groups is 1. The lowest BCUT2D eigenvalue weighted by molar-refractivity contribution is -0.156. The predicted octanol–water partition coefficient (Wildman–Crippen LogP) is 8.56. The third-order valence-electron chi connectivity index (χ3n) is 9.49. The van der Waals surface area contributed by atoms with E-state index in [1.165, 1.54) is 18.2 Å². The highest BCUT2D eigenvalue weighted by Gasteiger charge is 2.54. The summed E-state index contributed by atoms with van der Waals surface area (Å²) in [4.78, 5) is 24.7. The van der Waals surface area contributed by atoms with E-state index >= 15 is 8.78 Å². The Morgan fingerprint density at radius 2 is 1.50 bits per heavy atom. The van der Waals surface area contributed by atoms with Crippen LogP contribution in [0.4, 0.5) is 8.78 Å². The molecule has 6 aromatic rings. The van der Waals surface area contributed by atoms with Gasteiger partial charge in [0.1, 0.15) is 18.2 Å². The van der Waals surface area contributed by atoms with Crippen molar-refractivity contribution in [3.05, 3.63) is 161 Å². The lowest BCUT2D eigenvalue weighted by atomic mass is 9.91. The number of benzene rings is 5. The number of methoxy groups -OCH3 is 1. The molecule has 0 atom stereocenters. The SMILES string of the molecule is COC(=O)C1(Oc2c(F)c(Oc3cccc(C4=NCCN4C)c3)nc(Oc3cc(C#N)ccc3OCc3ccccc3)c2F)c2ccccc2-c2ccccc21. The summed E-state index contributed by atoms with van der Waals surface area (Å²) < 4.78 is 63.8. The van der Waals surface area contributed by atoms with Crippen molar-refractivity contribution in [3.63, 3.8) is 0 Å². The van der Waals surface area contributed by atoms with Crippen molar-refractivity contribution in [1.82, 2.24) is 9.88 Å². The maximum atomic E-state index is 17.1. The minimum absolute atomic E-state index is 0.0987. The Balaban J connectivity index is 1.27. The van der Waals surface area contributed by atoms with Gasteiger partial charge in [-0.05, 0) is 41.0 Å². The molecule has 2 aliphatic rings. The van der Waals surface area contributed by atoms with Gasteiger partial charge in [0.2, 0.25) is 17.4 Å². The molecule has 0 saturated carbocycles. The number of halogens is 2. The van der Waals surface area contributed by atoms with Crippen molar-refractivity contribution < 1.29 is 37.3 Å². The summed E-state index contributed by atoms with van der Waals surface area (Å²) in [5.41, 5.74) is 1.39. The van der Waals surface area contributed by atoms with E-state index in [1.54, 1.807) is 66.7 Å². The fraction of sp³-hybridized carbons (Fsp3) is 0.136. The number of rotatable bonds is 11. The zero-order valence-corrected chi connectivity index (χ0v) is 30.2. The van der Waals surface area contributed by atoms with Crippen molar-refractivity contribution in [2.24, 2.45) is 4.99 Å². The number of nitriles is 1. The molecule has 8 rings (SSSR count). The summed E-state index contributed by atoms with van der Waals surface area (Å²) in [6.07, 6.45) is 0. The van der Waals surface area contributed by atoms with E-state index in [2.05, 4.69) is 9.98 Å². The number of esters is 1. The maximum absolute atomic E-state index is 17.1. The van der Waals surface area contributed by atoms with Gasteiger partial charge in [-0.15, -0.1) is 0 Å². The van der Waals surface area contributed by atoms with Crippen LogP contribution in [0.2, 0.25) is 0 Å². The van der Waals surface area contributed by atoms with Gasteiger partial charge in [-0.3, -0.25) is 4.99 Å². The summed E-state index contributed by atoms with van der Waals surface area (Å²) in [5.74, 6) is -5.30. The molecular weight excluding hydrogens is 719 g/mol. The second-order valence-corrected chi connectivity index (χ2v) is 13.0. The van der Waals surface area contributed by atoms with E-state index in [9.17, 15) is 10.1 Å². The lowest BCUT2D eigenvalue weighted by Gasteiger charge is -2.30. The molecule has 0 fully saturated rings. The summed E-state index contributed by atoms with van der Waals surface area (Å²) in [5, 5.41) is 9.73. The van der Waals surface area contributed by atoms with Crippen molar-refractivity contribution in [1.29, 1.82) is 5.26 Å². The first kappa shape index (κ1) is 35.8. The Labute approximate surface area is 320 Å². The monoisotopic (exact) mass is 750 g/mol. The molecular formula is C44H32F2N4O6. The van der Waals surface area contributed by atoms with Crippen LogP contribution in [0.15, 0.2) is 126 Å². The van der Waals surface area contributed by atoms with Gasteiger partial charge >= 0.3 is 5.97 Å². The Hall–Kier alpha value is -7.26. The van der Waals surface area contributed by atoms with E-state index in [0.29, 0.717) is 34.4 Å². The van der Waals surface area contributed by atoms with Gasteiger partial charge in [0.15, 0.2) is 11.5 Å². The summed E-state index contributed by atoms with van der Waals surface area (Å²) in [6, 6.07) is 36.2. The van der Waals surface area contributed by atoms with Gasteiger partial charge < -0.3 is 28.6 Å². The number of hydrogen-bond acceptors (Lipinski definition) is 10. The molecule has 0 amide bonds. The molecule has 0 N–H and O–H groups in total. The largest absolute Gasteiger partial charge is 0.485 e. The number of fused-ring (bicyclic) bond motifs is 3. The van der Waals surface area contributed by atoms with E-state index in [4.69, 9.17) is 23.7 Å². The number of ether oxygens (including phenoxy) is 5. The van der Waals surface area contributed by atoms with Crippen molar-refractivity contribution in [2.75, 3.05) is 27.2 Å². The normalized spacial score (nSPS) is 13.6. The van der Waals surface area contributed by atoms with Gasteiger partial charge in [0.05, 0.1) is 25.3 Å². The van der Waals surface area contributed by atoms with Crippen LogP contribution in [-0.4, -0.2) is 48.9 Å². The van der Waals surface area contributed by atoms with Crippen molar-refractivity contribution >= 4 is 11.8 Å². The van der Waals surface area contributed by atoms with Crippen LogP contribution in [-0.2, 0) is 21.7 Å². The van der Waals surface area contributed by atoms with Gasteiger partial charge in [-0.1, -0.05) is 91.0 Å². The quantitative estimate of drug-likeness (QED) is 0.120. The summed E-state index contributed by atoms with van der Waals surface area (Å²) >= 11 is 0. The van der Waals surface area contributed by atoms with Crippen molar-refractivity contribution in [3.8, 4) is 52.0 Å². The number of nitrogens with zero attached hydrogens (tertiary/aromatic N) is 4. The van der Waals surface area contributed by atoms with Crippen LogP contribution in [0.3, 0.4) is 0 Å². The number of aromatic nitrogens is 1. The topological polar surface area (TPSA) is 116 Å². The van der Waals surface area contributed by atoms with Crippen LogP contribution >= 0.6 is 0 Å². The number of carbonyl (C=O) groups excluding carboxylic acids is 1. The Kier molecular flexibility index (Phi) is 9.50.